The van der Waals surface area contributed by atoms with Gasteiger partial charge in [-0.25, -0.2) is 0 Å². The second-order valence-corrected chi connectivity index (χ2v) is 6.49. The van der Waals surface area contributed by atoms with Crippen molar-refractivity contribution >= 4 is 17.5 Å². The van der Waals surface area contributed by atoms with E-state index in [1.165, 1.54) is 0 Å². The SMILES string of the molecule is CO[C@H](C(=O)N1CCC[C@H]1c1c(C)nn(C)c1Cl)c1ccccc1. The number of aromatic nitrogens is 2. The molecule has 1 fully saturated rings. The van der Waals surface area contributed by atoms with Crippen LogP contribution in [0.15, 0.2) is 30.3 Å². The van der Waals surface area contributed by atoms with Gasteiger partial charge in [0.05, 0.1) is 11.7 Å². The molecule has 0 radical (unpaired) electrons. The molecule has 3 rings (SSSR count). The number of rotatable bonds is 4. The van der Waals surface area contributed by atoms with Gasteiger partial charge in [-0.1, -0.05) is 41.9 Å². The summed E-state index contributed by atoms with van der Waals surface area (Å²) in [5.41, 5.74) is 2.69. The molecule has 2 aromatic rings. The second-order valence-electron chi connectivity index (χ2n) is 6.13. The van der Waals surface area contributed by atoms with Gasteiger partial charge in [-0.05, 0) is 25.3 Å². The van der Waals surface area contributed by atoms with Crippen LogP contribution in [0.1, 0.15) is 41.8 Å². The van der Waals surface area contributed by atoms with Gasteiger partial charge in [0.1, 0.15) is 5.15 Å². The van der Waals surface area contributed by atoms with Crippen molar-refractivity contribution in [2.24, 2.45) is 7.05 Å². The topological polar surface area (TPSA) is 47.4 Å². The molecule has 24 heavy (non-hydrogen) atoms. The van der Waals surface area contributed by atoms with Gasteiger partial charge in [0, 0.05) is 26.3 Å². The summed E-state index contributed by atoms with van der Waals surface area (Å²) in [6.45, 7) is 2.65. The molecule has 6 heteroatoms. The highest BCUT2D eigenvalue weighted by Crippen LogP contribution is 2.39. The number of methoxy groups -OCH3 is 1. The first kappa shape index (κ1) is 17.0. The standard InChI is InChI=1S/C18H22ClN3O2/c1-12-15(17(19)21(2)20-12)14-10-7-11-22(14)18(23)16(24-3)13-8-5-4-6-9-13/h4-6,8-9,14,16H,7,10-11H2,1-3H3/t14-,16-/m0/s1. The van der Waals surface area contributed by atoms with Gasteiger partial charge in [0.15, 0.2) is 6.10 Å². The van der Waals surface area contributed by atoms with Gasteiger partial charge < -0.3 is 9.64 Å². The fourth-order valence-corrected chi connectivity index (χ4v) is 3.81. The number of amides is 1. The molecule has 0 spiro atoms. The molecule has 1 aromatic carbocycles. The van der Waals surface area contributed by atoms with E-state index < -0.39 is 6.10 Å². The van der Waals surface area contributed by atoms with Crippen LogP contribution in [0.4, 0.5) is 0 Å². The number of halogens is 1. The average Bonchev–Trinajstić information content (AvgIpc) is 3.14. The van der Waals surface area contributed by atoms with Crippen molar-refractivity contribution in [3.63, 3.8) is 0 Å². The molecule has 1 aliphatic heterocycles. The molecule has 128 valence electrons. The van der Waals surface area contributed by atoms with Crippen molar-refractivity contribution in [2.45, 2.75) is 31.9 Å². The Bertz CT molecular complexity index is 729. The van der Waals surface area contributed by atoms with Crippen LogP contribution in [-0.4, -0.2) is 34.2 Å². The van der Waals surface area contributed by atoms with Crippen molar-refractivity contribution in [1.82, 2.24) is 14.7 Å². The maximum absolute atomic E-state index is 13.1. The van der Waals surface area contributed by atoms with Crippen LogP contribution in [0.5, 0.6) is 0 Å². The fourth-order valence-electron chi connectivity index (χ4n) is 3.51. The van der Waals surface area contributed by atoms with Crippen molar-refractivity contribution in [3.8, 4) is 0 Å². The van der Waals surface area contributed by atoms with Gasteiger partial charge in [-0.15, -0.1) is 0 Å². The molecule has 1 aromatic heterocycles. The monoisotopic (exact) mass is 347 g/mol. The lowest BCUT2D eigenvalue weighted by Crippen LogP contribution is -2.35. The smallest absolute Gasteiger partial charge is 0.256 e. The van der Waals surface area contributed by atoms with Crippen molar-refractivity contribution < 1.29 is 9.53 Å². The molecular formula is C18H22ClN3O2. The molecule has 1 aliphatic rings. The molecular weight excluding hydrogens is 326 g/mol. The highest BCUT2D eigenvalue weighted by molar-refractivity contribution is 6.30. The first-order valence-corrected chi connectivity index (χ1v) is 8.49. The first-order chi connectivity index (χ1) is 11.5. The van der Waals surface area contributed by atoms with E-state index >= 15 is 0 Å². The third-order valence-electron chi connectivity index (χ3n) is 4.63. The van der Waals surface area contributed by atoms with Gasteiger partial charge in [-0.2, -0.15) is 5.10 Å². The van der Waals surface area contributed by atoms with Crippen LogP contribution in [0.2, 0.25) is 5.15 Å². The lowest BCUT2D eigenvalue weighted by atomic mass is 10.0. The summed E-state index contributed by atoms with van der Waals surface area (Å²) in [4.78, 5) is 15.0. The minimum absolute atomic E-state index is 0.0227. The number of ether oxygens (including phenoxy) is 1. The molecule has 0 saturated carbocycles. The number of carbonyl (C=O) groups is 1. The Labute approximate surface area is 147 Å². The molecule has 0 unspecified atom stereocenters. The van der Waals surface area contributed by atoms with E-state index in [-0.39, 0.29) is 11.9 Å². The lowest BCUT2D eigenvalue weighted by molar-refractivity contribution is -0.143. The summed E-state index contributed by atoms with van der Waals surface area (Å²) < 4.78 is 7.18. The molecule has 0 N–H and O–H groups in total. The Morgan fingerprint density at radius 2 is 2.08 bits per heavy atom. The zero-order valence-corrected chi connectivity index (χ0v) is 15.0. The second kappa shape index (κ2) is 6.95. The summed E-state index contributed by atoms with van der Waals surface area (Å²) >= 11 is 6.43. The maximum Gasteiger partial charge on any atom is 0.256 e. The van der Waals surface area contributed by atoms with Crippen LogP contribution in [-0.2, 0) is 16.6 Å². The van der Waals surface area contributed by atoms with Crippen molar-refractivity contribution in [1.29, 1.82) is 0 Å². The van der Waals surface area contributed by atoms with Crippen LogP contribution in [0.3, 0.4) is 0 Å². The zero-order valence-electron chi connectivity index (χ0n) is 14.2. The molecule has 2 heterocycles. The van der Waals surface area contributed by atoms with Crippen molar-refractivity contribution in [3.05, 3.63) is 52.3 Å². The maximum atomic E-state index is 13.1. The molecule has 0 bridgehead atoms. The van der Waals surface area contributed by atoms with Crippen LogP contribution >= 0.6 is 11.6 Å². The number of carbonyl (C=O) groups excluding carboxylic acids is 1. The number of hydrogen-bond acceptors (Lipinski definition) is 3. The number of hydrogen-bond donors (Lipinski definition) is 0. The quantitative estimate of drug-likeness (QED) is 0.851. The van der Waals surface area contributed by atoms with E-state index in [9.17, 15) is 4.79 Å². The molecule has 2 atom stereocenters. The summed E-state index contributed by atoms with van der Waals surface area (Å²) in [6.07, 6.45) is 1.25. The summed E-state index contributed by atoms with van der Waals surface area (Å²) in [6, 6.07) is 9.55. The summed E-state index contributed by atoms with van der Waals surface area (Å²) in [7, 11) is 3.39. The zero-order chi connectivity index (χ0) is 17.3. The van der Waals surface area contributed by atoms with E-state index in [1.807, 2.05) is 49.2 Å². The number of likely N-dealkylation sites (tertiary alicyclic amines) is 1. The Balaban J connectivity index is 1.91. The van der Waals surface area contributed by atoms with Gasteiger partial charge in [0.25, 0.3) is 5.91 Å². The predicted octanol–water partition coefficient (Wildman–Crippen LogP) is 3.43. The highest BCUT2D eigenvalue weighted by Gasteiger charge is 2.37. The van der Waals surface area contributed by atoms with Gasteiger partial charge in [0.2, 0.25) is 0 Å². The minimum Gasteiger partial charge on any atom is -0.367 e. The van der Waals surface area contributed by atoms with E-state index in [1.54, 1.807) is 11.8 Å². The summed E-state index contributed by atoms with van der Waals surface area (Å²) in [5, 5.41) is 4.99. The third kappa shape index (κ3) is 2.94. The normalized spacial score (nSPS) is 18.8. The minimum atomic E-state index is -0.595. The number of benzene rings is 1. The highest BCUT2D eigenvalue weighted by atomic mass is 35.5. The van der Waals surface area contributed by atoms with Crippen LogP contribution in [0, 0.1) is 6.92 Å². The van der Waals surface area contributed by atoms with E-state index in [0.717, 1.165) is 29.7 Å². The first-order valence-electron chi connectivity index (χ1n) is 8.11. The largest absolute Gasteiger partial charge is 0.367 e. The van der Waals surface area contributed by atoms with Crippen molar-refractivity contribution in [2.75, 3.05) is 13.7 Å². The summed E-state index contributed by atoms with van der Waals surface area (Å²) in [5.74, 6) is -0.0227. The number of nitrogens with zero attached hydrogens (tertiary/aromatic N) is 3. The van der Waals surface area contributed by atoms with E-state index in [0.29, 0.717) is 11.7 Å². The van der Waals surface area contributed by atoms with Crippen LogP contribution < -0.4 is 0 Å². The van der Waals surface area contributed by atoms with Gasteiger partial charge >= 0.3 is 0 Å². The Hall–Kier alpha value is -1.85. The molecule has 5 nitrogen and oxygen atoms in total. The fraction of sp³-hybridized carbons (Fsp3) is 0.444. The average molecular weight is 348 g/mol. The lowest BCUT2D eigenvalue weighted by Gasteiger charge is -2.28. The van der Waals surface area contributed by atoms with E-state index in [2.05, 4.69) is 5.10 Å². The van der Waals surface area contributed by atoms with E-state index in [4.69, 9.17) is 16.3 Å². The van der Waals surface area contributed by atoms with Gasteiger partial charge in [-0.3, -0.25) is 9.48 Å². The predicted molar refractivity (Wildman–Crippen MR) is 92.8 cm³/mol. The molecule has 1 amide bonds. The molecule has 0 aliphatic carbocycles. The Morgan fingerprint density at radius 3 is 2.67 bits per heavy atom. The Morgan fingerprint density at radius 1 is 1.38 bits per heavy atom. The number of aryl methyl sites for hydroxylation is 2. The molecule has 1 saturated heterocycles. The Kier molecular flexibility index (Phi) is 4.92. The van der Waals surface area contributed by atoms with Crippen LogP contribution in [0.25, 0.3) is 0 Å². The third-order valence-corrected chi connectivity index (χ3v) is 5.08.